The largest absolute Gasteiger partial charge is 0.343 e. The number of benzene rings is 1. The molecule has 20 heavy (non-hydrogen) atoms. The van der Waals surface area contributed by atoms with Crippen LogP contribution < -0.4 is 0 Å². The lowest BCUT2D eigenvalue weighted by atomic mass is 10.1. The number of aryl methyl sites for hydroxylation is 1. The second-order valence-electron chi connectivity index (χ2n) is 5.24. The summed E-state index contributed by atoms with van der Waals surface area (Å²) in [6, 6.07) is 10.2. The summed E-state index contributed by atoms with van der Waals surface area (Å²) >= 11 is 0. The smallest absolute Gasteiger partial charge is 0.239 e. The van der Waals surface area contributed by atoms with E-state index in [9.17, 15) is 4.79 Å². The number of carbonyl (C=O) groups is 1. The maximum absolute atomic E-state index is 12.2. The predicted octanol–water partition coefficient (Wildman–Crippen LogP) is 2.19. The molecular weight excluding hydrogens is 250 g/mol. The van der Waals surface area contributed by atoms with E-state index in [-0.39, 0.29) is 11.9 Å². The van der Waals surface area contributed by atoms with Crippen molar-refractivity contribution in [1.29, 1.82) is 5.26 Å². The molecule has 0 saturated heterocycles. The monoisotopic (exact) mass is 273 g/mol. The van der Waals surface area contributed by atoms with Crippen molar-refractivity contribution in [1.82, 2.24) is 9.80 Å². The lowest BCUT2D eigenvalue weighted by Crippen LogP contribution is -2.44. The van der Waals surface area contributed by atoms with Crippen molar-refractivity contribution in [3.8, 4) is 6.07 Å². The van der Waals surface area contributed by atoms with Crippen LogP contribution in [0.2, 0.25) is 0 Å². The molecule has 0 fully saturated rings. The molecule has 1 amide bonds. The van der Waals surface area contributed by atoms with Gasteiger partial charge in [0.05, 0.1) is 18.5 Å². The first-order valence-corrected chi connectivity index (χ1v) is 6.83. The fourth-order valence-electron chi connectivity index (χ4n) is 1.95. The van der Waals surface area contributed by atoms with E-state index in [0.29, 0.717) is 13.0 Å². The van der Waals surface area contributed by atoms with Gasteiger partial charge in [-0.1, -0.05) is 29.8 Å². The van der Waals surface area contributed by atoms with Gasteiger partial charge in [-0.25, -0.2) is 0 Å². The first-order chi connectivity index (χ1) is 9.45. The summed E-state index contributed by atoms with van der Waals surface area (Å²) in [6.07, 6.45) is 0.372. The zero-order valence-corrected chi connectivity index (χ0v) is 12.8. The highest BCUT2D eigenvalue weighted by molar-refractivity contribution is 5.81. The molecule has 1 aromatic carbocycles. The Kier molecular flexibility index (Phi) is 6.20. The molecule has 0 aliphatic rings. The van der Waals surface area contributed by atoms with Crippen LogP contribution in [0.15, 0.2) is 24.3 Å². The van der Waals surface area contributed by atoms with Crippen LogP contribution in [0.4, 0.5) is 0 Å². The average molecular weight is 273 g/mol. The summed E-state index contributed by atoms with van der Waals surface area (Å²) in [6.45, 7) is 5.18. The van der Waals surface area contributed by atoms with E-state index in [1.165, 1.54) is 11.1 Å². The van der Waals surface area contributed by atoms with Gasteiger partial charge in [-0.2, -0.15) is 5.26 Å². The van der Waals surface area contributed by atoms with E-state index >= 15 is 0 Å². The van der Waals surface area contributed by atoms with E-state index in [4.69, 9.17) is 5.26 Å². The van der Waals surface area contributed by atoms with Gasteiger partial charge in [0.25, 0.3) is 0 Å². The molecule has 0 spiro atoms. The fraction of sp³-hybridized carbons (Fsp3) is 0.500. The van der Waals surface area contributed by atoms with Crippen molar-refractivity contribution >= 4 is 5.91 Å². The first-order valence-electron chi connectivity index (χ1n) is 6.83. The Morgan fingerprint density at radius 1 is 1.30 bits per heavy atom. The van der Waals surface area contributed by atoms with E-state index in [1.54, 1.807) is 11.9 Å². The van der Waals surface area contributed by atoms with E-state index in [0.717, 1.165) is 6.54 Å². The van der Waals surface area contributed by atoms with Crippen LogP contribution in [0.3, 0.4) is 0 Å². The van der Waals surface area contributed by atoms with Gasteiger partial charge in [0.2, 0.25) is 5.91 Å². The third-order valence-corrected chi connectivity index (χ3v) is 3.51. The molecule has 0 bridgehead atoms. The Morgan fingerprint density at radius 3 is 2.45 bits per heavy atom. The molecule has 0 aliphatic heterocycles. The highest BCUT2D eigenvalue weighted by Crippen LogP contribution is 2.09. The second-order valence-corrected chi connectivity index (χ2v) is 5.24. The van der Waals surface area contributed by atoms with E-state index in [1.807, 2.05) is 18.9 Å². The third-order valence-electron chi connectivity index (χ3n) is 3.51. The van der Waals surface area contributed by atoms with Gasteiger partial charge in [0.15, 0.2) is 0 Å². The molecule has 1 aromatic rings. The Bertz CT molecular complexity index is 475. The Balaban J connectivity index is 2.57. The van der Waals surface area contributed by atoms with Crippen LogP contribution in [-0.4, -0.2) is 42.4 Å². The molecule has 0 heterocycles. The number of hydrogen-bond donors (Lipinski definition) is 0. The Hall–Kier alpha value is -1.86. The molecular formula is C16H23N3O. The number of likely N-dealkylation sites (N-methyl/N-ethyl adjacent to an activating group) is 2. The van der Waals surface area contributed by atoms with Crippen molar-refractivity contribution < 1.29 is 4.79 Å². The fourth-order valence-corrected chi connectivity index (χ4v) is 1.95. The molecule has 4 nitrogen and oxygen atoms in total. The average Bonchev–Trinajstić information content (AvgIpc) is 2.45. The molecule has 0 saturated carbocycles. The normalized spacial score (nSPS) is 12.0. The Labute approximate surface area is 121 Å². The highest BCUT2D eigenvalue weighted by Gasteiger charge is 2.21. The van der Waals surface area contributed by atoms with Crippen LogP contribution in [0.1, 0.15) is 24.5 Å². The molecule has 0 aromatic heterocycles. The summed E-state index contributed by atoms with van der Waals surface area (Å²) < 4.78 is 0. The number of carbonyl (C=O) groups excluding carboxylic acids is 1. The van der Waals surface area contributed by atoms with Crippen molar-refractivity contribution in [2.24, 2.45) is 0 Å². The highest BCUT2D eigenvalue weighted by atomic mass is 16.2. The number of hydrogen-bond acceptors (Lipinski definition) is 3. The second kappa shape index (κ2) is 7.66. The minimum Gasteiger partial charge on any atom is -0.343 e. The predicted molar refractivity (Wildman–Crippen MR) is 80.0 cm³/mol. The van der Waals surface area contributed by atoms with Crippen LogP contribution in [0.5, 0.6) is 0 Å². The van der Waals surface area contributed by atoms with Crippen molar-refractivity contribution in [2.45, 2.75) is 32.9 Å². The number of rotatable bonds is 6. The zero-order chi connectivity index (χ0) is 15.1. The van der Waals surface area contributed by atoms with Gasteiger partial charge in [-0.15, -0.1) is 0 Å². The van der Waals surface area contributed by atoms with Gasteiger partial charge >= 0.3 is 0 Å². The van der Waals surface area contributed by atoms with Crippen LogP contribution in [0, 0.1) is 18.3 Å². The Morgan fingerprint density at radius 2 is 1.90 bits per heavy atom. The summed E-state index contributed by atoms with van der Waals surface area (Å²) in [4.78, 5) is 15.9. The number of nitriles is 1. The number of amides is 1. The maximum atomic E-state index is 12.2. The van der Waals surface area contributed by atoms with Crippen molar-refractivity contribution in [3.63, 3.8) is 0 Å². The van der Waals surface area contributed by atoms with Crippen molar-refractivity contribution in [3.05, 3.63) is 35.4 Å². The van der Waals surface area contributed by atoms with Crippen LogP contribution in [-0.2, 0) is 11.3 Å². The van der Waals surface area contributed by atoms with Gasteiger partial charge in [0.1, 0.15) is 0 Å². The lowest BCUT2D eigenvalue weighted by molar-refractivity contribution is -0.134. The molecule has 0 N–H and O–H groups in total. The van der Waals surface area contributed by atoms with Crippen LogP contribution >= 0.6 is 0 Å². The van der Waals surface area contributed by atoms with E-state index in [2.05, 4.69) is 37.3 Å². The molecule has 1 rings (SSSR count). The van der Waals surface area contributed by atoms with Crippen molar-refractivity contribution in [2.75, 3.05) is 20.6 Å². The standard InChI is InChI=1S/C16H23N3O/c1-13-6-8-15(9-7-13)12-19(4)14(2)16(20)18(3)11-5-10-17/h6-9,14H,5,11-12H2,1-4H3. The molecule has 0 radical (unpaired) electrons. The summed E-state index contributed by atoms with van der Waals surface area (Å²) in [5.74, 6) is 0.0508. The minimum absolute atomic E-state index is 0.0508. The lowest BCUT2D eigenvalue weighted by Gasteiger charge is -2.27. The van der Waals surface area contributed by atoms with Gasteiger partial charge in [-0.05, 0) is 26.5 Å². The van der Waals surface area contributed by atoms with Crippen LogP contribution in [0.25, 0.3) is 0 Å². The molecule has 108 valence electrons. The zero-order valence-electron chi connectivity index (χ0n) is 12.8. The van der Waals surface area contributed by atoms with E-state index < -0.39 is 0 Å². The maximum Gasteiger partial charge on any atom is 0.239 e. The SMILES string of the molecule is Cc1ccc(CN(C)C(C)C(=O)N(C)CCC#N)cc1. The minimum atomic E-state index is -0.194. The molecule has 1 atom stereocenters. The first kappa shape index (κ1) is 16.2. The summed E-state index contributed by atoms with van der Waals surface area (Å²) in [5, 5.41) is 8.56. The number of nitrogens with zero attached hydrogens (tertiary/aromatic N) is 3. The third kappa shape index (κ3) is 4.67. The topological polar surface area (TPSA) is 47.3 Å². The van der Waals surface area contributed by atoms with Gasteiger partial charge < -0.3 is 4.90 Å². The summed E-state index contributed by atoms with van der Waals surface area (Å²) in [5.41, 5.74) is 2.43. The molecule has 0 aliphatic carbocycles. The molecule has 4 heteroatoms. The van der Waals surface area contributed by atoms with Gasteiger partial charge in [0, 0.05) is 20.1 Å². The van der Waals surface area contributed by atoms with Gasteiger partial charge in [-0.3, -0.25) is 9.69 Å². The quantitative estimate of drug-likeness (QED) is 0.798. The molecule has 1 unspecified atom stereocenters. The summed E-state index contributed by atoms with van der Waals surface area (Å²) in [7, 11) is 3.69.